The Morgan fingerprint density at radius 2 is 1.31 bits per heavy atom. The summed E-state index contributed by atoms with van der Waals surface area (Å²) in [6.07, 6.45) is 0. The quantitative estimate of drug-likeness (QED) is 0.225. The van der Waals surface area contributed by atoms with Gasteiger partial charge in [0, 0.05) is 10.6 Å². The monoisotopic (exact) mass is 506 g/mol. The summed E-state index contributed by atoms with van der Waals surface area (Å²) < 4.78 is 63.5. The van der Waals surface area contributed by atoms with E-state index in [9.17, 15) is 16.8 Å². The van der Waals surface area contributed by atoms with Crippen molar-refractivity contribution in [3.05, 3.63) is 71.8 Å². The van der Waals surface area contributed by atoms with Gasteiger partial charge < -0.3 is 0 Å². The summed E-state index contributed by atoms with van der Waals surface area (Å²) in [5.74, 6) is 0.475. The maximum atomic E-state index is 10.9. The summed E-state index contributed by atoms with van der Waals surface area (Å²) in [5, 5.41) is 0. The van der Waals surface area contributed by atoms with Gasteiger partial charge in [0.25, 0.3) is 10.1 Å². The molecule has 0 saturated carbocycles. The van der Waals surface area contributed by atoms with Crippen LogP contribution in [0.3, 0.4) is 0 Å². The molecule has 0 saturated heterocycles. The average molecular weight is 507 g/mol. The fourth-order valence-corrected chi connectivity index (χ4v) is 4.07. The summed E-state index contributed by atoms with van der Waals surface area (Å²) in [6.45, 7) is 17.3. The topological polar surface area (TPSA) is 118 Å². The second-order valence-electron chi connectivity index (χ2n) is 6.09. The van der Waals surface area contributed by atoms with E-state index < -0.39 is 20.5 Å². The van der Waals surface area contributed by atoms with Gasteiger partial charge in [0.2, 0.25) is 0 Å². The van der Waals surface area contributed by atoms with E-state index in [0.29, 0.717) is 11.3 Å². The molecule has 0 aliphatic heterocycles. The molecule has 0 radical (unpaired) electrons. The zero-order valence-corrected chi connectivity index (χ0v) is 21.9. The molecule has 182 valence electrons. The molecule has 2 N–H and O–H groups in total. The van der Waals surface area contributed by atoms with Crippen molar-refractivity contribution in [3.8, 4) is 0 Å². The highest BCUT2D eigenvalue weighted by molar-refractivity contribution is 7.99. The highest BCUT2D eigenvalue weighted by Crippen LogP contribution is 2.19. The number of hydrogen-bond acceptors (Lipinski definition) is 6. The first-order chi connectivity index (χ1) is 14.8. The second kappa shape index (κ2) is 16.0. The van der Waals surface area contributed by atoms with Crippen LogP contribution in [0.1, 0.15) is 36.1 Å². The third-order valence-electron chi connectivity index (χ3n) is 3.67. The molecule has 32 heavy (non-hydrogen) atoms. The Balaban J connectivity index is 0. The van der Waals surface area contributed by atoms with Crippen molar-refractivity contribution < 1.29 is 30.1 Å². The number of hydrogen-bond donors (Lipinski definition) is 2. The van der Waals surface area contributed by atoms with E-state index >= 15 is 0 Å². The third kappa shape index (κ3) is 14.4. The highest BCUT2D eigenvalue weighted by atomic mass is 32.3. The Bertz CT molecular complexity index is 1010. The molecule has 2 aromatic rings. The zero-order valence-electron chi connectivity index (χ0n) is 19.5. The minimum atomic E-state index is -4.30. The molecule has 2 rings (SSSR count). The fraction of sp³-hybridized carbons (Fsp3) is 0.364. The standard InChI is InChI=1S/C9H12O4S2.C9H12O3S.C2H6.C2H4/c1-8-2-4-9(5-3-8)14-7-6-13-15(10,11)12;1-6-4-8(3)9(5-7(6)2)13(10,11)12;2*1-2/h2-5H,6-7H2,1H3,(H,10,11,12);4-5H,1-3H3,(H,10,11,12);1-2H3;1-2H2. The lowest BCUT2D eigenvalue weighted by Gasteiger charge is -2.06. The molecule has 0 spiro atoms. The third-order valence-corrected chi connectivity index (χ3v) is 6.11. The van der Waals surface area contributed by atoms with Crippen molar-refractivity contribution in [3.63, 3.8) is 0 Å². The Hall–Kier alpha value is -1.69. The molecular formula is C22H34O7S3. The number of rotatable bonds is 6. The Morgan fingerprint density at radius 3 is 1.75 bits per heavy atom. The van der Waals surface area contributed by atoms with Crippen molar-refractivity contribution in [1.82, 2.24) is 0 Å². The predicted octanol–water partition coefficient (Wildman–Crippen LogP) is 5.59. The van der Waals surface area contributed by atoms with Crippen molar-refractivity contribution in [2.75, 3.05) is 12.4 Å². The molecule has 0 bridgehead atoms. The van der Waals surface area contributed by atoms with Gasteiger partial charge in [-0.05, 0) is 62.6 Å². The van der Waals surface area contributed by atoms with Crippen LogP contribution in [-0.4, -0.2) is 38.3 Å². The predicted molar refractivity (Wildman–Crippen MR) is 132 cm³/mol. The van der Waals surface area contributed by atoms with Gasteiger partial charge in [-0.1, -0.05) is 37.6 Å². The van der Waals surface area contributed by atoms with Crippen LogP contribution in [0.2, 0.25) is 0 Å². The van der Waals surface area contributed by atoms with E-state index in [1.54, 1.807) is 13.0 Å². The van der Waals surface area contributed by atoms with E-state index in [1.165, 1.54) is 23.4 Å². The van der Waals surface area contributed by atoms with E-state index in [2.05, 4.69) is 17.3 Å². The van der Waals surface area contributed by atoms with Gasteiger partial charge in [0.1, 0.15) is 0 Å². The molecule has 2 aromatic carbocycles. The molecular weight excluding hydrogens is 472 g/mol. The first kappa shape index (κ1) is 32.5. The maximum Gasteiger partial charge on any atom is 0.397 e. The number of benzene rings is 2. The fourth-order valence-electron chi connectivity index (χ4n) is 2.15. The van der Waals surface area contributed by atoms with Crippen LogP contribution < -0.4 is 0 Å². The Labute approximate surface area is 197 Å². The number of thioether (sulfide) groups is 1. The van der Waals surface area contributed by atoms with Crippen LogP contribution in [0, 0.1) is 27.7 Å². The summed E-state index contributed by atoms with van der Waals surface area (Å²) in [5.41, 5.74) is 3.63. The molecule has 0 aromatic heterocycles. The highest BCUT2D eigenvalue weighted by Gasteiger charge is 2.13. The van der Waals surface area contributed by atoms with Crippen LogP contribution >= 0.6 is 11.8 Å². The second-order valence-corrected chi connectivity index (χ2v) is 9.74. The molecule has 0 atom stereocenters. The Morgan fingerprint density at radius 1 is 0.844 bits per heavy atom. The molecule has 7 nitrogen and oxygen atoms in total. The molecule has 0 amide bonds. The molecule has 0 aliphatic carbocycles. The molecule has 10 heteroatoms. The van der Waals surface area contributed by atoms with E-state index in [-0.39, 0.29) is 11.5 Å². The van der Waals surface area contributed by atoms with E-state index in [4.69, 9.17) is 9.11 Å². The normalized spacial score (nSPS) is 10.5. The minimum absolute atomic E-state index is 0.00407. The van der Waals surface area contributed by atoms with Crippen LogP contribution in [0.15, 0.2) is 59.3 Å². The smallest absolute Gasteiger partial charge is 0.282 e. The van der Waals surface area contributed by atoms with Crippen molar-refractivity contribution >= 4 is 32.3 Å². The van der Waals surface area contributed by atoms with E-state index in [0.717, 1.165) is 16.0 Å². The molecule has 0 unspecified atom stereocenters. The van der Waals surface area contributed by atoms with Crippen LogP contribution in [0.25, 0.3) is 0 Å². The van der Waals surface area contributed by atoms with Gasteiger partial charge in [-0.3, -0.25) is 9.11 Å². The average Bonchev–Trinajstić information content (AvgIpc) is 2.71. The Kier molecular flexibility index (Phi) is 16.3. The van der Waals surface area contributed by atoms with Crippen LogP contribution in [0.5, 0.6) is 0 Å². The molecule has 0 heterocycles. The van der Waals surface area contributed by atoms with Crippen molar-refractivity contribution in [2.24, 2.45) is 0 Å². The van der Waals surface area contributed by atoms with Crippen molar-refractivity contribution in [2.45, 2.75) is 51.3 Å². The lowest BCUT2D eigenvalue weighted by Crippen LogP contribution is -2.06. The lowest BCUT2D eigenvalue weighted by molar-refractivity contribution is 0.285. The van der Waals surface area contributed by atoms with Crippen LogP contribution in [0.4, 0.5) is 0 Å². The lowest BCUT2D eigenvalue weighted by atomic mass is 10.1. The van der Waals surface area contributed by atoms with Gasteiger partial charge in [-0.2, -0.15) is 16.8 Å². The molecule has 0 aliphatic rings. The van der Waals surface area contributed by atoms with Gasteiger partial charge in [0.15, 0.2) is 0 Å². The van der Waals surface area contributed by atoms with Gasteiger partial charge in [-0.25, -0.2) is 4.18 Å². The maximum absolute atomic E-state index is 10.9. The van der Waals surface area contributed by atoms with Crippen LogP contribution in [-0.2, 0) is 24.7 Å². The summed E-state index contributed by atoms with van der Waals surface area (Å²) in [4.78, 5) is 1.04. The number of aryl methyl sites for hydroxylation is 4. The summed E-state index contributed by atoms with van der Waals surface area (Å²) >= 11 is 1.47. The largest absolute Gasteiger partial charge is 0.397 e. The first-order valence-electron chi connectivity index (χ1n) is 9.66. The van der Waals surface area contributed by atoms with Gasteiger partial charge >= 0.3 is 10.4 Å². The summed E-state index contributed by atoms with van der Waals surface area (Å²) in [6, 6.07) is 11.1. The zero-order chi connectivity index (χ0) is 25.5. The van der Waals surface area contributed by atoms with E-state index in [1.807, 2.05) is 58.9 Å². The van der Waals surface area contributed by atoms with Crippen molar-refractivity contribution in [1.29, 1.82) is 0 Å². The minimum Gasteiger partial charge on any atom is -0.282 e. The summed E-state index contributed by atoms with van der Waals surface area (Å²) in [7, 11) is -8.37. The van der Waals surface area contributed by atoms with Gasteiger partial charge in [-0.15, -0.1) is 24.9 Å². The molecule has 0 fully saturated rings. The first-order valence-corrected chi connectivity index (χ1v) is 13.5. The SMILES string of the molecule is C=C.CC.Cc1cc(C)c(S(=O)(=O)O)cc1C.Cc1ccc(SCCOS(=O)(=O)O)cc1. The van der Waals surface area contributed by atoms with Gasteiger partial charge in [0.05, 0.1) is 11.5 Å².